The summed E-state index contributed by atoms with van der Waals surface area (Å²) in [4.78, 5) is 35.3. The van der Waals surface area contributed by atoms with Gasteiger partial charge in [0, 0.05) is 25.3 Å². The minimum absolute atomic E-state index is 0.0131. The molecule has 0 saturated carbocycles. The lowest BCUT2D eigenvalue weighted by Crippen LogP contribution is -2.48. The van der Waals surface area contributed by atoms with Crippen LogP contribution in [0, 0.1) is 0 Å². The third-order valence-corrected chi connectivity index (χ3v) is 5.98. The third-order valence-electron chi connectivity index (χ3n) is 5.98. The van der Waals surface area contributed by atoms with Gasteiger partial charge in [-0.25, -0.2) is 13.6 Å². The lowest BCUT2D eigenvalue weighted by atomic mass is 9.98. The van der Waals surface area contributed by atoms with Crippen molar-refractivity contribution in [3.8, 4) is 11.1 Å². The summed E-state index contributed by atoms with van der Waals surface area (Å²) in [6, 6.07) is 14.2. The number of ether oxygens (including phenoxy) is 1. The summed E-state index contributed by atoms with van der Waals surface area (Å²) < 4.78 is 31.4. The number of carboxylic acids is 1. The molecule has 0 radical (unpaired) electrons. The van der Waals surface area contributed by atoms with Gasteiger partial charge in [-0.1, -0.05) is 61.4 Å². The van der Waals surface area contributed by atoms with E-state index in [-0.39, 0.29) is 25.5 Å². The van der Waals surface area contributed by atoms with Crippen LogP contribution in [0.5, 0.6) is 0 Å². The first-order valence-electron chi connectivity index (χ1n) is 11.8. The quantitative estimate of drug-likeness (QED) is 0.355. The summed E-state index contributed by atoms with van der Waals surface area (Å²) in [6.07, 6.45) is -1.93. The molecule has 0 aromatic heterocycles. The van der Waals surface area contributed by atoms with Gasteiger partial charge in [0.25, 0.3) is 0 Å². The van der Waals surface area contributed by atoms with Crippen LogP contribution in [0.25, 0.3) is 11.1 Å². The Labute approximate surface area is 202 Å². The topological polar surface area (TPSA) is 105 Å². The van der Waals surface area contributed by atoms with Crippen LogP contribution in [0.15, 0.2) is 48.5 Å². The molecule has 35 heavy (non-hydrogen) atoms. The fourth-order valence-electron chi connectivity index (χ4n) is 4.28. The van der Waals surface area contributed by atoms with Gasteiger partial charge in [0.15, 0.2) is 0 Å². The molecule has 2 aromatic rings. The van der Waals surface area contributed by atoms with Gasteiger partial charge in [0.2, 0.25) is 12.3 Å². The lowest BCUT2D eigenvalue weighted by molar-refractivity contribution is -0.137. The van der Waals surface area contributed by atoms with Crippen LogP contribution in [-0.4, -0.2) is 48.7 Å². The number of halogens is 2. The monoisotopic (exact) mass is 488 g/mol. The molecular formula is C26H30F2N2O5. The van der Waals surface area contributed by atoms with Crippen LogP contribution in [0.3, 0.4) is 0 Å². The molecule has 0 fully saturated rings. The highest BCUT2D eigenvalue weighted by Crippen LogP contribution is 2.44. The highest BCUT2D eigenvalue weighted by molar-refractivity contribution is 5.85. The lowest BCUT2D eigenvalue weighted by Gasteiger charge is -2.19. The van der Waals surface area contributed by atoms with E-state index in [1.807, 2.05) is 48.5 Å². The smallest absolute Gasteiger partial charge is 0.407 e. The van der Waals surface area contributed by atoms with Crippen molar-refractivity contribution in [2.24, 2.45) is 0 Å². The van der Waals surface area contributed by atoms with E-state index < -0.39 is 36.9 Å². The molecule has 0 heterocycles. The van der Waals surface area contributed by atoms with Crippen molar-refractivity contribution in [1.82, 2.24) is 10.6 Å². The normalized spacial score (nSPS) is 13.1. The number of nitrogens with one attached hydrogen (secondary N) is 2. The maximum absolute atomic E-state index is 13.0. The van der Waals surface area contributed by atoms with Crippen molar-refractivity contribution < 1.29 is 33.0 Å². The summed E-state index contributed by atoms with van der Waals surface area (Å²) in [6.45, 7) is 0.261. The third kappa shape index (κ3) is 7.50. The van der Waals surface area contributed by atoms with E-state index >= 15 is 0 Å². The van der Waals surface area contributed by atoms with Gasteiger partial charge in [0.1, 0.15) is 12.6 Å². The van der Waals surface area contributed by atoms with Gasteiger partial charge in [0.05, 0.1) is 0 Å². The average Bonchev–Trinajstić information content (AvgIpc) is 3.15. The number of alkyl carbamates (subject to hydrolysis) is 1. The number of alkyl halides is 2. The van der Waals surface area contributed by atoms with Crippen LogP contribution < -0.4 is 10.6 Å². The molecule has 3 N–H and O–H groups in total. The summed E-state index contributed by atoms with van der Waals surface area (Å²) in [7, 11) is 0. The largest absolute Gasteiger partial charge is 0.481 e. The molecule has 1 aliphatic carbocycles. The fraction of sp³-hybridized carbons (Fsp3) is 0.423. The van der Waals surface area contributed by atoms with Crippen LogP contribution in [0.4, 0.5) is 13.6 Å². The fourth-order valence-corrected chi connectivity index (χ4v) is 4.28. The Hall–Kier alpha value is -3.49. The van der Waals surface area contributed by atoms with Crippen LogP contribution in [-0.2, 0) is 14.3 Å². The molecular weight excluding hydrogens is 458 g/mol. The standard InChI is InChI=1S/C26H30F2N2O5/c27-23(28)15-22(25(33)29-14-8-2-1-3-13-24(31)32)30-26(34)35-16-21-19-11-6-4-9-17(19)18-10-5-7-12-20(18)21/h4-7,9-12,21-23H,1-3,8,13-16H2,(H,29,33)(H,30,34)(H,31,32). The predicted octanol–water partition coefficient (Wildman–Crippen LogP) is 4.70. The van der Waals surface area contributed by atoms with Crippen LogP contribution >= 0.6 is 0 Å². The zero-order valence-corrected chi connectivity index (χ0v) is 19.3. The molecule has 3 rings (SSSR count). The number of unbranched alkanes of at least 4 members (excludes halogenated alkanes) is 3. The summed E-state index contributed by atoms with van der Waals surface area (Å²) in [5, 5.41) is 13.5. The summed E-state index contributed by atoms with van der Waals surface area (Å²) >= 11 is 0. The number of carbonyl (C=O) groups is 3. The Morgan fingerprint density at radius 1 is 0.914 bits per heavy atom. The van der Waals surface area contributed by atoms with E-state index in [1.165, 1.54) is 0 Å². The first-order valence-corrected chi connectivity index (χ1v) is 11.8. The van der Waals surface area contributed by atoms with Crippen molar-refractivity contribution in [1.29, 1.82) is 0 Å². The van der Waals surface area contributed by atoms with Crippen molar-refractivity contribution in [3.05, 3.63) is 59.7 Å². The van der Waals surface area contributed by atoms with Gasteiger partial charge in [-0.3, -0.25) is 9.59 Å². The number of benzene rings is 2. The minimum Gasteiger partial charge on any atom is -0.481 e. The molecule has 9 heteroatoms. The number of aliphatic carboxylic acids is 1. The van der Waals surface area contributed by atoms with Crippen molar-refractivity contribution in [3.63, 3.8) is 0 Å². The summed E-state index contributed by atoms with van der Waals surface area (Å²) in [5.41, 5.74) is 4.17. The maximum atomic E-state index is 13.0. The second-order valence-corrected chi connectivity index (χ2v) is 8.50. The van der Waals surface area contributed by atoms with E-state index in [4.69, 9.17) is 9.84 Å². The molecule has 0 saturated heterocycles. The molecule has 7 nitrogen and oxygen atoms in total. The maximum Gasteiger partial charge on any atom is 0.407 e. The Morgan fingerprint density at radius 2 is 1.51 bits per heavy atom. The minimum atomic E-state index is -2.78. The first-order chi connectivity index (χ1) is 16.9. The molecule has 0 aliphatic heterocycles. The number of carboxylic acid groups (broad SMARTS) is 1. The number of fused-ring (bicyclic) bond motifs is 3. The number of hydrogen-bond acceptors (Lipinski definition) is 4. The molecule has 2 aromatic carbocycles. The number of hydrogen-bond donors (Lipinski definition) is 3. The van der Waals surface area contributed by atoms with Crippen molar-refractivity contribution in [2.45, 2.75) is 56.9 Å². The zero-order chi connectivity index (χ0) is 25.2. The number of carbonyl (C=O) groups excluding carboxylic acids is 2. The number of rotatable bonds is 13. The first kappa shape index (κ1) is 26.1. The van der Waals surface area contributed by atoms with Crippen molar-refractivity contribution >= 4 is 18.0 Å². The van der Waals surface area contributed by atoms with Gasteiger partial charge in [-0.2, -0.15) is 0 Å². The SMILES string of the molecule is O=C(O)CCCCCCNC(=O)C(CC(F)F)NC(=O)OCC1c2ccccc2-c2ccccc21. The Kier molecular flexibility index (Phi) is 9.57. The average molecular weight is 489 g/mol. The van der Waals surface area contributed by atoms with Gasteiger partial charge in [-0.05, 0) is 35.1 Å². The van der Waals surface area contributed by atoms with Crippen LogP contribution in [0.1, 0.15) is 55.6 Å². The Balaban J connectivity index is 1.50. The predicted molar refractivity (Wildman–Crippen MR) is 126 cm³/mol. The Morgan fingerprint density at radius 3 is 2.11 bits per heavy atom. The molecule has 2 amide bonds. The highest BCUT2D eigenvalue weighted by atomic mass is 19.3. The summed E-state index contributed by atoms with van der Waals surface area (Å²) in [5.74, 6) is -1.74. The van der Waals surface area contributed by atoms with Gasteiger partial charge >= 0.3 is 12.1 Å². The second-order valence-electron chi connectivity index (χ2n) is 8.50. The molecule has 1 aliphatic rings. The molecule has 1 unspecified atom stereocenters. The Bertz CT molecular complexity index is 985. The second kappa shape index (κ2) is 12.8. The van der Waals surface area contributed by atoms with E-state index in [0.717, 1.165) is 22.3 Å². The van der Waals surface area contributed by atoms with E-state index in [0.29, 0.717) is 25.7 Å². The van der Waals surface area contributed by atoms with Crippen LogP contribution in [0.2, 0.25) is 0 Å². The zero-order valence-electron chi connectivity index (χ0n) is 19.3. The van der Waals surface area contributed by atoms with E-state index in [1.54, 1.807) is 0 Å². The van der Waals surface area contributed by atoms with Gasteiger partial charge < -0.3 is 20.5 Å². The van der Waals surface area contributed by atoms with E-state index in [9.17, 15) is 23.2 Å². The molecule has 0 spiro atoms. The van der Waals surface area contributed by atoms with Crippen molar-refractivity contribution in [2.75, 3.05) is 13.2 Å². The molecule has 188 valence electrons. The highest BCUT2D eigenvalue weighted by Gasteiger charge is 2.30. The molecule has 0 bridgehead atoms. The van der Waals surface area contributed by atoms with E-state index in [2.05, 4.69) is 10.6 Å². The molecule has 1 atom stereocenters. The van der Waals surface area contributed by atoms with Gasteiger partial charge in [-0.15, -0.1) is 0 Å². The number of amides is 2.